The van der Waals surface area contributed by atoms with Crippen LogP contribution in [0.2, 0.25) is 0 Å². The summed E-state index contributed by atoms with van der Waals surface area (Å²) in [6.07, 6.45) is 3.46. The number of carbonyl (C=O) groups excluding carboxylic acids is 1. The van der Waals surface area contributed by atoms with Crippen molar-refractivity contribution >= 4 is 15.7 Å². The maximum atomic E-state index is 13.1. The van der Waals surface area contributed by atoms with Crippen LogP contribution in [0.4, 0.5) is 0 Å². The summed E-state index contributed by atoms with van der Waals surface area (Å²) >= 11 is 0. The Bertz CT molecular complexity index is 845. The van der Waals surface area contributed by atoms with Gasteiger partial charge in [0, 0.05) is 13.5 Å². The van der Waals surface area contributed by atoms with E-state index < -0.39 is 21.1 Å². The molecule has 1 aliphatic rings. The third-order valence-electron chi connectivity index (χ3n) is 4.25. The fraction of sp³-hybridized carbons (Fsp3) is 0.211. The fourth-order valence-electron chi connectivity index (χ4n) is 3.09. The molecular weight excluding hydrogens is 322 g/mol. The number of amides is 1. The van der Waals surface area contributed by atoms with E-state index in [1.165, 1.54) is 6.92 Å². The standard InChI is InChI=1S/C19H19NO3S/c1-15(21)20-14-8-13-18(19(20)16-9-4-2-5-10-16)24(22,23)17-11-6-3-7-12-17/h2-13,18-19H,14H2,1H3/t18-,19+/m0/s1. The highest BCUT2D eigenvalue weighted by atomic mass is 32.2. The molecule has 0 radical (unpaired) electrons. The quantitative estimate of drug-likeness (QED) is 0.807. The van der Waals surface area contributed by atoms with E-state index in [0.717, 1.165) is 5.56 Å². The normalized spacial score (nSPS) is 20.8. The zero-order chi connectivity index (χ0) is 17.2. The van der Waals surface area contributed by atoms with Gasteiger partial charge in [0.05, 0.1) is 10.9 Å². The smallest absolute Gasteiger partial charge is 0.220 e. The molecule has 2 atom stereocenters. The average molecular weight is 341 g/mol. The first kappa shape index (κ1) is 16.5. The summed E-state index contributed by atoms with van der Waals surface area (Å²) in [4.78, 5) is 14.0. The zero-order valence-corrected chi connectivity index (χ0v) is 14.2. The maximum Gasteiger partial charge on any atom is 0.220 e. The summed E-state index contributed by atoms with van der Waals surface area (Å²) < 4.78 is 26.3. The first-order chi connectivity index (χ1) is 11.5. The van der Waals surface area contributed by atoms with Gasteiger partial charge in [-0.2, -0.15) is 0 Å². The SMILES string of the molecule is CC(=O)N1CC=C[C@H](S(=O)(=O)c2ccccc2)[C@H]1c1ccccc1. The monoisotopic (exact) mass is 341 g/mol. The van der Waals surface area contributed by atoms with E-state index >= 15 is 0 Å². The molecule has 1 heterocycles. The largest absolute Gasteiger partial charge is 0.331 e. The van der Waals surface area contributed by atoms with Crippen LogP contribution < -0.4 is 0 Å². The minimum atomic E-state index is -3.61. The van der Waals surface area contributed by atoms with Crippen molar-refractivity contribution in [2.75, 3.05) is 6.54 Å². The Labute approximate surface area is 142 Å². The Balaban J connectivity index is 2.12. The van der Waals surface area contributed by atoms with Crippen molar-refractivity contribution in [1.82, 2.24) is 4.90 Å². The lowest BCUT2D eigenvalue weighted by atomic mass is 9.98. The highest BCUT2D eigenvalue weighted by Crippen LogP contribution is 2.35. The molecule has 0 aliphatic carbocycles. The molecule has 124 valence electrons. The average Bonchev–Trinajstić information content (AvgIpc) is 2.62. The summed E-state index contributed by atoms with van der Waals surface area (Å²) in [6.45, 7) is 1.89. The Hall–Kier alpha value is -2.40. The van der Waals surface area contributed by atoms with E-state index in [0.29, 0.717) is 6.54 Å². The van der Waals surface area contributed by atoms with E-state index in [1.54, 1.807) is 47.4 Å². The second kappa shape index (κ2) is 6.61. The van der Waals surface area contributed by atoms with Gasteiger partial charge in [-0.05, 0) is 17.7 Å². The summed E-state index contributed by atoms with van der Waals surface area (Å²) in [5, 5.41) is -0.806. The van der Waals surface area contributed by atoms with Gasteiger partial charge in [-0.3, -0.25) is 4.79 Å². The number of sulfone groups is 1. The van der Waals surface area contributed by atoms with Gasteiger partial charge in [0.25, 0.3) is 0 Å². The molecule has 0 aromatic heterocycles. The number of rotatable bonds is 3. The van der Waals surface area contributed by atoms with Crippen LogP contribution in [0.1, 0.15) is 18.5 Å². The number of hydrogen-bond acceptors (Lipinski definition) is 3. The Morgan fingerprint density at radius 1 is 1.00 bits per heavy atom. The number of benzene rings is 2. The van der Waals surface area contributed by atoms with Crippen LogP contribution in [-0.2, 0) is 14.6 Å². The molecular formula is C19H19NO3S. The second-order valence-electron chi connectivity index (χ2n) is 5.78. The van der Waals surface area contributed by atoms with Crippen molar-refractivity contribution in [3.8, 4) is 0 Å². The van der Waals surface area contributed by atoms with Gasteiger partial charge in [0.1, 0.15) is 5.25 Å². The van der Waals surface area contributed by atoms with Crippen molar-refractivity contribution in [3.05, 3.63) is 78.4 Å². The van der Waals surface area contributed by atoms with Crippen LogP contribution in [0.5, 0.6) is 0 Å². The molecule has 0 saturated carbocycles. The van der Waals surface area contributed by atoms with Crippen molar-refractivity contribution in [2.45, 2.75) is 23.1 Å². The maximum absolute atomic E-state index is 13.1. The molecule has 0 fully saturated rings. The zero-order valence-electron chi connectivity index (χ0n) is 13.4. The van der Waals surface area contributed by atoms with Gasteiger partial charge < -0.3 is 4.90 Å². The minimum absolute atomic E-state index is 0.138. The molecule has 4 nitrogen and oxygen atoms in total. The Kier molecular flexibility index (Phi) is 4.53. The van der Waals surface area contributed by atoms with Gasteiger partial charge in [0.2, 0.25) is 5.91 Å². The third kappa shape index (κ3) is 2.99. The lowest BCUT2D eigenvalue weighted by Gasteiger charge is -2.37. The minimum Gasteiger partial charge on any atom is -0.331 e. The van der Waals surface area contributed by atoms with E-state index in [9.17, 15) is 13.2 Å². The first-order valence-electron chi connectivity index (χ1n) is 7.79. The highest BCUT2D eigenvalue weighted by molar-refractivity contribution is 7.92. The summed E-state index contributed by atoms with van der Waals surface area (Å²) in [5.74, 6) is -0.138. The summed E-state index contributed by atoms with van der Waals surface area (Å²) in [6, 6.07) is 17.2. The second-order valence-corrected chi connectivity index (χ2v) is 7.88. The van der Waals surface area contributed by atoms with Gasteiger partial charge in [-0.25, -0.2) is 8.42 Å². The highest BCUT2D eigenvalue weighted by Gasteiger charge is 2.39. The lowest BCUT2D eigenvalue weighted by Crippen LogP contribution is -2.44. The summed E-state index contributed by atoms with van der Waals surface area (Å²) in [7, 11) is -3.61. The van der Waals surface area contributed by atoms with E-state index in [4.69, 9.17) is 0 Å². The molecule has 0 N–H and O–H groups in total. The van der Waals surface area contributed by atoms with Crippen LogP contribution in [0.15, 0.2) is 77.7 Å². The molecule has 2 aromatic carbocycles. The lowest BCUT2D eigenvalue weighted by molar-refractivity contribution is -0.130. The molecule has 0 bridgehead atoms. The fourth-order valence-corrected chi connectivity index (χ4v) is 4.90. The number of nitrogens with zero attached hydrogens (tertiary/aromatic N) is 1. The Morgan fingerprint density at radius 3 is 2.17 bits per heavy atom. The molecule has 0 spiro atoms. The molecule has 5 heteroatoms. The van der Waals surface area contributed by atoms with E-state index in [2.05, 4.69) is 0 Å². The number of carbonyl (C=O) groups is 1. The predicted octanol–water partition coefficient (Wildman–Crippen LogP) is 2.99. The van der Waals surface area contributed by atoms with E-state index in [1.807, 2.05) is 30.3 Å². The molecule has 2 aromatic rings. The van der Waals surface area contributed by atoms with E-state index in [-0.39, 0.29) is 10.8 Å². The molecule has 0 saturated heterocycles. The van der Waals surface area contributed by atoms with Crippen LogP contribution in [0.25, 0.3) is 0 Å². The topological polar surface area (TPSA) is 54.5 Å². The summed E-state index contributed by atoms with van der Waals surface area (Å²) in [5.41, 5.74) is 0.821. The van der Waals surface area contributed by atoms with Gasteiger partial charge in [-0.15, -0.1) is 0 Å². The van der Waals surface area contributed by atoms with Gasteiger partial charge >= 0.3 is 0 Å². The van der Waals surface area contributed by atoms with Crippen LogP contribution >= 0.6 is 0 Å². The van der Waals surface area contributed by atoms with Crippen molar-refractivity contribution in [1.29, 1.82) is 0 Å². The molecule has 1 aliphatic heterocycles. The van der Waals surface area contributed by atoms with Crippen molar-refractivity contribution in [3.63, 3.8) is 0 Å². The van der Waals surface area contributed by atoms with Gasteiger partial charge in [-0.1, -0.05) is 60.7 Å². The van der Waals surface area contributed by atoms with Crippen LogP contribution in [0, 0.1) is 0 Å². The molecule has 3 rings (SSSR count). The number of hydrogen-bond donors (Lipinski definition) is 0. The van der Waals surface area contributed by atoms with Crippen molar-refractivity contribution < 1.29 is 13.2 Å². The van der Waals surface area contributed by atoms with Crippen LogP contribution in [-0.4, -0.2) is 31.0 Å². The molecule has 0 unspecified atom stereocenters. The predicted molar refractivity (Wildman–Crippen MR) is 93.1 cm³/mol. The Morgan fingerprint density at radius 2 is 1.58 bits per heavy atom. The molecule has 1 amide bonds. The van der Waals surface area contributed by atoms with Crippen molar-refractivity contribution in [2.24, 2.45) is 0 Å². The first-order valence-corrected chi connectivity index (χ1v) is 9.34. The molecule has 24 heavy (non-hydrogen) atoms. The third-order valence-corrected chi connectivity index (χ3v) is 6.31. The van der Waals surface area contributed by atoms with Crippen LogP contribution in [0.3, 0.4) is 0 Å². The van der Waals surface area contributed by atoms with Gasteiger partial charge in [0.15, 0.2) is 9.84 Å².